The average Bonchev–Trinajstić information content (AvgIpc) is 3.48. The smallest absolute Gasteiger partial charge is 0.416 e. The topological polar surface area (TPSA) is 75.7 Å². The minimum Gasteiger partial charge on any atom is -0.457 e. The molecule has 1 atom stereocenters. The lowest BCUT2D eigenvalue weighted by atomic mass is 10.1. The summed E-state index contributed by atoms with van der Waals surface area (Å²) in [4.78, 5) is 12.8. The quantitative estimate of drug-likeness (QED) is 0.350. The van der Waals surface area contributed by atoms with Crippen molar-refractivity contribution in [3.63, 3.8) is 0 Å². The molecule has 14 heteroatoms. The highest BCUT2D eigenvalue weighted by molar-refractivity contribution is 7.91. The van der Waals surface area contributed by atoms with E-state index in [0.29, 0.717) is 12.5 Å². The Morgan fingerprint density at radius 1 is 1.11 bits per heavy atom. The number of hydrogen-bond donors (Lipinski definition) is 1. The molecule has 0 spiro atoms. The van der Waals surface area contributed by atoms with Crippen LogP contribution >= 0.6 is 22.9 Å². The lowest BCUT2D eigenvalue weighted by Gasteiger charge is -2.22. The molecule has 1 fully saturated rings. The van der Waals surface area contributed by atoms with Gasteiger partial charge in [0.25, 0.3) is 10.0 Å². The van der Waals surface area contributed by atoms with Gasteiger partial charge in [-0.3, -0.25) is 4.79 Å². The molecule has 1 aliphatic rings. The summed E-state index contributed by atoms with van der Waals surface area (Å²) in [6.45, 7) is -0.490. The van der Waals surface area contributed by atoms with Crippen molar-refractivity contribution in [1.29, 1.82) is 0 Å². The minimum atomic E-state index is -4.62. The second kappa shape index (κ2) is 10.6. The van der Waals surface area contributed by atoms with Crippen molar-refractivity contribution in [2.24, 2.45) is 0 Å². The largest absolute Gasteiger partial charge is 0.457 e. The predicted octanol–water partition coefficient (Wildman–Crippen LogP) is 5.96. The number of halogens is 6. The van der Waals surface area contributed by atoms with Gasteiger partial charge in [0.05, 0.1) is 9.90 Å². The zero-order chi connectivity index (χ0) is 27.0. The number of thiophene rings is 1. The molecule has 198 valence electrons. The summed E-state index contributed by atoms with van der Waals surface area (Å²) in [5, 5.41) is 2.36. The van der Waals surface area contributed by atoms with Crippen molar-refractivity contribution in [1.82, 2.24) is 9.62 Å². The molecule has 2 aromatic carbocycles. The maximum absolute atomic E-state index is 14.6. The van der Waals surface area contributed by atoms with Crippen LogP contribution in [0.2, 0.25) is 4.34 Å². The van der Waals surface area contributed by atoms with E-state index in [9.17, 15) is 35.2 Å². The first-order valence-corrected chi connectivity index (χ1v) is 13.4. The number of benzene rings is 2. The number of hydrogen-bond acceptors (Lipinski definition) is 5. The molecule has 1 saturated heterocycles. The Morgan fingerprint density at radius 2 is 1.81 bits per heavy atom. The van der Waals surface area contributed by atoms with Gasteiger partial charge >= 0.3 is 6.18 Å². The van der Waals surface area contributed by atoms with E-state index in [-0.39, 0.29) is 33.0 Å². The molecule has 2 heterocycles. The average molecular weight is 581 g/mol. The summed E-state index contributed by atoms with van der Waals surface area (Å²) in [7, 11) is -3.99. The van der Waals surface area contributed by atoms with Crippen molar-refractivity contribution in [2.75, 3.05) is 6.54 Å². The van der Waals surface area contributed by atoms with Crippen LogP contribution in [0.4, 0.5) is 22.0 Å². The van der Waals surface area contributed by atoms with E-state index >= 15 is 0 Å². The summed E-state index contributed by atoms with van der Waals surface area (Å²) < 4.78 is 100. The second-order valence-electron chi connectivity index (χ2n) is 8.04. The van der Waals surface area contributed by atoms with Gasteiger partial charge in [0.1, 0.15) is 33.4 Å². The molecule has 1 aromatic heterocycles. The van der Waals surface area contributed by atoms with E-state index in [1.165, 1.54) is 18.2 Å². The Hall–Kier alpha value is -2.74. The number of nitrogens with one attached hydrogen (secondary N) is 1. The van der Waals surface area contributed by atoms with Gasteiger partial charge in [-0.15, -0.1) is 11.3 Å². The first-order valence-electron chi connectivity index (χ1n) is 10.7. The van der Waals surface area contributed by atoms with Crippen LogP contribution in [0.15, 0.2) is 52.7 Å². The molecule has 3 aromatic rings. The maximum Gasteiger partial charge on any atom is 0.416 e. The van der Waals surface area contributed by atoms with Gasteiger partial charge in [-0.25, -0.2) is 17.2 Å². The van der Waals surface area contributed by atoms with E-state index in [4.69, 9.17) is 16.3 Å². The predicted molar refractivity (Wildman–Crippen MR) is 126 cm³/mol. The Bertz CT molecular complexity index is 1410. The van der Waals surface area contributed by atoms with Gasteiger partial charge in [0, 0.05) is 30.8 Å². The van der Waals surface area contributed by atoms with Gasteiger partial charge in [-0.1, -0.05) is 17.7 Å². The number of alkyl halides is 3. The number of carbonyl (C=O) groups is 1. The molecule has 0 saturated carbocycles. The normalized spacial score (nSPS) is 16.6. The van der Waals surface area contributed by atoms with Crippen LogP contribution in [0.1, 0.15) is 24.0 Å². The Kier molecular flexibility index (Phi) is 7.79. The molecule has 1 N–H and O–H groups in total. The van der Waals surface area contributed by atoms with E-state index < -0.39 is 57.5 Å². The fraction of sp³-hybridized carbons (Fsp3) is 0.261. The molecule has 0 aliphatic carbocycles. The van der Waals surface area contributed by atoms with E-state index in [2.05, 4.69) is 5.32 Å². The highest BCUT2D eigenvalue weighted by Crippen LogP contribution is 2.34. The monoisotopic (exact) mass is 580 g/mol. The second-order valence-corrected chi connectivity index (χ2v) is 11.9. The highest BCUT2D eigenvalue weighted by Gasteiger charge is 2.40. The van der Waals surface area contributed by atoms with Crippen molar-refractivity contribution in [3.8, 4) is 11.5 Å². The number of amides is 1. The van der Waals surface area contributed by atoms with Gasteiger partial charge in [-0.05, 0) is 43.2 Å². The summed E-state index contributed by atoms with van der Waals surface area (Å²) >= 11 is 6.68. The molecule has 0 unspecified atom stereocenters. The van der Waals surface area contributed by atoms with Crippen molar-refractivity contribution >= 4 is 38.9 Å². The molecule has 6 nitrogen and oxygen atoms in total. The third kappa shape index (κ3) is 6.06. The molecule has 1 aliphatic heterocycles. The summed E-state index contributed by atoms with van der Waals surface area (Å²) in [5.74, 6) is -3.60. The van der Waals surface area contributed by atoms with Crippen LogP contribution in [0, 0.1) is 11.6 Å². The van der Waals surface area contributed by atoms with Gasteiger partial charge < -0.3 is 10.1 Å². The minimum absolute atomic E-state index is 0.0225. The number of ether oxygens (including phenoxy) is 1. The lowest BCUT2D eigenvalue weighted by molar-refractivity contribution is -0.137. The van der Waals surface area contributed by atoms with Gasteiger partial charge in [0.15, 0.2) is 0 Å². The van der Waals surface area contributed by atoms with Gasteiger partial charge in [0.2, 0.25) is 5.91 Å². The van der Waals surface area contributed by atoms with E-state index in [1.54, 1.807) is 0 Å². The number of nitrogens with zero attached hydrogens (tertiary/aromatic N) is 1. The summed E-state index contributed by atoms with van der Waals surface area (Å²) in [6.07, 6.45) is -3.98. The van der Waals surface area contributed by atoms with Gasteiger partial charge in [-0.2, -0.15) is 17.5 Å². The van der Waals surface area contributed by atoms with Crippen LogP contribution in [0.5, 0.6) is 11.5 Å². The SMILES string of the molecule is O=C(NCc1c(F)cc(Oc2cccc(C(F)(F)F)c2)cc1F)[C@@H]1CCCN1S(=O)(=O)c1ccc(Cl)s1. The lowest BCUT2D eigenvalue weighted by Crippen LogP contribution is -2.45. The third-order valence-electron chi connectivity index (χ3n) is 5.57. The fourth-order valence-electron chi connectivity index (χ4n) is 3.81. The highest BCUT2D eigenvalue weighted by atomic mass is 35.5. The van der Waals surface area contributed by atoms with Crippen LogP contribution < -0.4 is 10.1 Å². The van der Waals surface area contributed by atoms with Crippen molar-refractivity contribution in [3.05, 3.63) is 75.6 Å². The molecule has 0 bridgehead atoms. The van der Waals surface area contributed by atoms with Crippen molar-refractivity contribution < 1.29 is 39.9 Å². The van der Waals surface area contributed by atoms with Crippen LogP contribution in [-0.2, 0) is 27.5 Å². The molecule has 4 rings (SSSR count). The van der Waals surface area contributed by atoms with Crippen LogP contribution in [0.25, 0.3) is 0 Å². The zero-order valence-corrected chi connectivity index (χ0v) is 21.1. The van der Waals surface area contributed by atoms with Crippen LogP contribution in [0.3, 0.4) is 0 Å². The van der Waals surface area contributed by atoms with Crippen LogP contribution in [-0.4, -0.2) is 31.2 Å². The van der Waals surface area contributed by atoms with E-state index in [1.807, 2.05) is 0 Å². The Labute approximate surface area is 217 Å². The maximum atomic E-state index is 14.6. The van der Waals surface area contributed by atoms with Crippen molar-refractivity contribution in [2.45, 2.75) is 35.8 Å². The Balaban J connectivity index is 1.45. The number of sulfonamides is 1. The fourth-order valence-corrected chi connectivity index (χ4v) is 7.08. The molecular weight excluding hydrogens is 563 g/mol. The standard InChI is InChI=1S/C23H18ClF5N2O4S2/c24-20-6-7-21(36-20)37(33,34)31-8-2-5-19(31)22(32)30-12-16-17(25)10-15(11-18(16)26)35-14-4-1-3-13(9-14)23(27,28)29/h1,3-4,6-7,9-11,19H,2,5,8,12H2,(H,30,32)/t19-/m0/s1. The zero-order valence-electron chi connectivity index (χ0n) is 18.7. The number of carbonyl (C=O) groups excluding carboxylic acids is 1. The Morgan fingerprint density at radius 3 is 2.43 bits per heavy atom. The number of rotatable bonds is 7. The van der Waals surface area contributed by atoms with E-state index in [0.717, 1.165) is 39.9 Å². The molecule has 0 radical (unpaired) electrons. The third-order valence-corrected chi connectivity index (χ3v) is 9.18. The summed E-state index contributed by atoms with van der Waals surface area (Å²) in [6, 6.07) is 7.05. The molecule has 37 heavy (non-hydrogen) atoms. The summed E-state index contributed by atoms with van der Waals surface area (Å²) in [5.41, 5.74) is -1.52. The first-order chi connectivity index (χ1) is 17.4. The molecule has 1 amide bonds. The first kappa shape index (κ1) is 27.3. The molecular formula is C23H18ClF5N2O4S2.